The Labute approximate surface area is 83.0 Å². The molecule has 0 spiro atoms. The van der Waals surface area contributed by atoms with Crippen molar-refractivity contribution in [2.75, 3.05) is 20.6 Å². The van der Waals surface area contributed by atoms with Crippen LogP contribution in [0.4, 0.5) is 0 Å². The standard InChI is InChI=1S/C11H24N2/c1-4-5-6-7-8-9-10-12-11-13(2)3/h11H,4-10H2,1-3H3/b12-11+. The Balaban J connectivity index is 2.99. The fourth-order valence-electron chi connectivity index (χ4n) is 1.20. The molecule has 0 aromatic rings. The first-order valence-electron chi connectivity index (χ1n) is 5.43. The molecule has 2 nitrogen and oxygen atoms in total. The fourth-order valence-corrected chi connectivity index (χ4v) is 1.20. The molecule has 0 rings (SSSR count). The number of nitrogens with zero attached hydrogens (tertiary/aromatic N) is 2. The smallest absolute Gasteiger partial charge is 0.0844 e. The third-order valence-electron chi connectivity index (χ3n) is 1.95. The minimum absolute atomic E-state index is 0.990. The summed E-state index contributed by atoms with van der Waals surface area (Å²) in [5.74, 6) is 0. The molecule has 0 heterocycles. The van der Waals surface area contributed by atoms with E-state index in [1.807, 2.05) is 25.3 Å². The van der Waals surface area contributed by atoms with Crippen LogP contribution in [0.25, 0.3) is 0 Å². The maximum absolute atomic E-state index is 4.29. The molecular formula is C11H24N2. The lowest BCUT2D eigenvalue weighted by atomic mass is 10.1. The molecule has 0 amide bonds. The van der Waals surface area contributed by atoms with Crippen LogP contribution in [0.3, 0.4) is 0 Å². The van der Waals surface area contributed by atoms with E-state index in [4.69, 9.17) is 0 Å². The largest absolute Gasteiger partial charge is 0.369 e. The summed E-state index contributed by atoms with van der Waals surface area (Å²) < 4.78 is 0. The Morgan fingerprint density at radius 2 is 1.62 bits per heavy atom. The highest BCUT2D eigenvalue weighted by molar-refractivity contribution is 5.53. The molecule has 0 saturated heterocycles. The van der Waals surface area contributed by atoms with E-state index in [9.17, 15) is 0 Å². The van der Waals surface area contributed by atoms with E-state index in [1.54, 1.807) is 0 Å². The molecule has 0 aliphatic rings. The summed E-state index contributed by atoms with van der Waals surface area (Å²) >= 11 is 0. The monoisotopic (exact) mass is 184 g/mol. The lowest BCUT2D eigenvalue weighted by molar-refractivity contribution is 0.605. The maximum Gasteiger partial charge on any atom is 0.0844 e. The van der Waals surface area contributed by atoms with E-state index in [0.29, 0.717) is 0 Å². The van der Waals surface area contributed by atoms with Crippen molar-refractivity contribution in [1.82, 2.24) is 4.90 Å². The SMILES string of the molecule is CCCCCCCC/N=C/N(C)C. The van der Waals surface area contributed by atoms with Crippen LogP contribution in [0, 0.1) is 0 Å². The highest BCUT2D eigenvalue weighted by Crippen LogP contribution is 2.04. The molecule has 0 atom stereocenters. The summed E-state index contributed by atoms with van der Waals surface area (Å²) in [6, 6.07) is 0. The van der Waals surface area contributed by atoms with Crippen molar-refractivity contribution in [2.24, 2.45) is 4.99 Å². The highest BCUT2D eigenvalue weighted by atomic mass is 15.1. The second-order valence-electron chi connectivity index (χ2n) is 3.75. The third-order valence-corrected chi connectivity index (χ3v) is 1.95. The molecule has 0 fully saturated rings. The first-order valence-corrected chi connectivity index (χ1v) is 5.43. The van der Waals surface area contributed by atoms with Gasteiger partial charge in [0, 0.05) is 20.6 Å². The van der Waals surface area contributed by atoms with E-state index in [2.05, 4.69) is 11.9 Å². The van der Waals surface area contributed by atoms with Gasteiger partial charge in [-0.3, -0.25) is 4.99 Å². The molecule has 0 unspecified atom stereocenters. The Bertz CT molecular complexity index is 119. The lowest BCUT2D eigenvalue weighted by Crippen LogP contribution is -2.07. The van der Waals surface area contributed by atoms with E-state index in [-0.39, 0.29) is 0 Å². The minimum Gasteiger partial charge on any atom is -0.369 e. The van der Waals surface area contributed by atoms with E-state index >= 15 is 0 Å². The zero-order chi connectivity index (χ0) is 9.94. The molecule has 0 radical (unpaired) electrons. The maximum atomic E-state index is 4.29. The van der Waals surface area contributed by atoms with Gasteiger partial charge in [0.25, 0.3) is 0 Å². The quantitative estimate of drug-likeness (QED) is 0.322. The second-order valence-corrected chi connectivity index (χ2v) is 3.75. The molecule has 0 N–H and O–H groups in total. The Kier molecular flexibility index (Phi) is 9.17. The average Bonchev–Trinajstić information content (AvgIpc) is 2.09. The van der Waals surface area contributed by atoms with E-state index < -0.39 is 0 Å². The highest BCUT2D eigenvalue weighted by Gasteiger charge is 1.88. The number of unbranched alkanes of at least 4 members (excludes halogenated alkanes) is 5. The molecule has 0 aliphatic heterocycles. The van der Waals surface area contributed by atoms with Crippen molar-refractivity contribution in [1.29, 1.82) is 0 Å². The van der Waals surface area contributed by atoms with Gasteiger partial charge in [0.2, 0.25) is 0 Å². The zero-order valence-electron chi connectivity index (χ0n) is 9.42. The van der Waals surface area contributed by atoms with Gasteiger partial charge < -0.3 is 4.90 Å². The average molecular weight is 184 g/mol. The molecule has 0 aromatic heterocycles. The number of hydrogen-bond donors (Lipinski definition) is 0. The van der Waals surface area contributed by atoms with Crippen molar-refractivity contribution in [3.05, 3.63) is 0 Å². The molecule has 0 aliphatic carbocycles. The Morgan fingerprint density at radius 3 is 2.23 bits per heavy atom. The second kappa shape index (κ2) is 9.56. The van der Waals surface area contributed by atoms with Gasteiger partial charge in [-0.05, 0) is 6.42 Å². The van der Waals surface area contributed by atoms with Gasteiger partial charge in [0.15, 0.2) is 0 Å². The number of rotatable bonds is 8. The fraction of sp³-hybridized carbons (Fsp3) is 0.909. The lowest BCUT2D eigenvalue weighted by Gasteiger charge is -2.02. The van der Waals surface area contributed by atoms with Crippen molar-refractivity contribution >= 4 is 6.34 Å². The van der Waals surface area contributed by atoms with Crippen LogP contribution in [0.5, 0.6) is 0 Å². The molecule has 0 saturated carbocycles. The van der Waals surface area contributed by atoms with Crippen molar-refractivity contribution < 1.29 is 0 Å². The Morgan fingerprint density at radius 1 is 1.00 bits per heavy atom. The van der Waals surface area contributed by atoms with Gasteiger partial charge in [0.1, 0.15) is 0 Å². The van der Waals surface area contributed by atoms with Gasteiger partial charge in [-0.15, -0.1) is 0 Å². The van der Waals surface area contributed by atoms with Crippen molar-refractivity contribution in [3.63, 3.8) is 0 Å². The predicted molar refractivity (Wildman–Crippen MR) is 60.4 cm³/mol. The number of hydrogen-bond acceptors (Lipinski definition) is 1. The summed E-state index contributed by atoms with van der Waals surface area (Å²) in [5, 5.41) is 0. The molecule has 0 bridgehead atoms. The third kappa shape index (κ3) is 11.5. The van der Waals surface area contributed by atoms with Gasteiger partial charge in [0.05, 0.1) is 6.34 Å². The van der Waals surface area contributed by atoms with Crippen LogP contribution in [0.2, 0.25) is 0 Å². The van der Waals surface area contributed by atoms with Gasteiger partial charge in [-0.2, -0.15) is 0 Å². The topological polar surface area (TPSA) is 15.6 Å². The molecule has 2 heteroatoms. The first-order chi connectivity index (χ1) is 6.27. The van der Waals surface area contributed by atoms with Crippen LogP contribution in [-0.2, 0) is 0 Å². The van der Waals surface area contributed by atoms with Gasteiger partial charge >= 0.3 is 0 Å². The van der Waals surface area contributed by atoms with Crippen LogP contribution < -0.4 is 0 Å². The minimum atomic E-state index is 0.990. The molecule has 78 valence electrons. The summed E-state index contributed by atoms with van der Waals surface area (Å²) in [5.41, 5.74) is 0. The molecular weight excluding hydrogens is 160 g/mol. The van der Waals surface area contributed by atoms with Crippen LogP contribution in [0.15, 0.2) is 4.99 Å². The van der Waals surface area contributed by atoms with Gasteiger partial charge in [-0.1, -0.05) is 39.0 Å². The molecule has 13 heavy (non-hydrogen) atoms. The van der Waals surface area contributed by atoms with Crippen LogP contribution in [0.1, 0.15) is 45.4 Å². The zero-order valence-corrected chi connectivity index (χ0v) is 9.42. The summed E-state index contributed by atoms with van der Waals surface area (Å²) in [4.78, 5) is 6.27. The van der Waals surface area contributed by atoms with Crippen molar-refractivity contribution in [3.8, 4) is 0 Å². The van der Waals surface area contributed by atoms with Crippen LogP contribution >= 0.6 is 0 Å². The van der Waals surface area contributed by atoms with Crippen LogP contribution in [-0.4, -0.2) is 31.9 Å². The summed E-state index contributed by atoms with van der Waals surface area (Å²) in [6.45, 7) is 3.24. The first kappa shape index (κ1) is 12.5. The van der Waals surface area contributed by atoms with E-state index in [0.717, 1.165) is 6.54 Å². The predicted octanol–water partition coefficient (Wildman–Crippen LogP) is 2.94. The van der Waals surface area contributed by atoms with E-state index in [1.165, 1.54) is 38.5 Å². The van der Waals surface area contributed by atoms with Gasteiger partial charge in [-0.25, -0.2) is 0 Å². The summed E-state index contributed by atoms with van der Waals surface area (Å²) in [7, 11) is 4.01. The summed E-state index contributed by atoms with van der Waals surface area (Å²) in [6.07, 6.45) is 9.98. The molecule has 0 aromatic carbocycles. The number of aliphatic imine (C=N–C) groups is 1. The Hall–Kier alpha value is -0.530. The normalized spacial score (nSPS) is 11.0. The van der Waals surface area contributed by atoms with Crippen molar-refractivity contribution in [2.45, 2.75) is 45.4 Å².